The normalized spacial score (nSPS) is 9.74. The fourth-order valence-corrected chi connectivity index (χ4v) is 1.67. The molecule has 0 amide bonds. The number of nitriles is 1. The molecule has 2 rings (SSSR count). The molecule has 5 nitrogen and oxygen atoms in total. The number of aromatic nitrogens is 2. The Morgan fingerprint density at radius 2 is 2.32 bits per heavy atom. The molecule has 0 spiro atoms. The van der Waals surface area contributed by atoms with Gasteiger partial charge in [-0.3, -0.25) is 0 Å². The maximum Gasteiger partial charge on any atom is 0.318 e. The SMILES string of the molecule is COc1ncc(Cl)c(NCc2cccc(C#N)c2)n1. The van der Waals surface area contributed by atoms with Crippen molar-refractivity contribution in [3.8, 4) is 12.1 Å². The largest absolute Gasteiger partial charge is 0.467 e. The molecule has 6 heteroatoms. The van der Waals surface area contributed by atoms with Gasteiger partial charge in [0.05, 0.1) is 24.9 Å². The van der Waals surface area contributed by atoms with E-state index in [0.29, 0.717) is 22.9 Å². The molecule has 0 saturated heterocycles. The Balaban J connectivity index is 2.12. The van der Waals surface area contributed by atoms with Crippen LogP contribution in [-0.4, -0.2) is 17.1 Å². The van der Waals surface area contributed by atoms with E-state index in [0.717, 1.165) is 5.56 Å². The zero-order valence-electron chi connectivity index (χ0n) is 10.2. The molecular formula is C13H11ClN4O. The standard InChI is InChI=1S/C13H11ClN4O/c1-19-13-17-8-11(14)12(18-13)16-7-10-4-2-3-9(5-10)6-15/h2-5,8H,7H2,1H3,(H,16,17,18). The second-order valence-corrected chi connectivity index (χ2v) is 4.13. The highest BCUT2D eigenvalue weighted by atomic mass is 35.5. The van der Waals surface area contributed by atoms with E-state index in [9.17, 15) is 0 Å². The minimum atomic E-state index is 0.248. The van der Waals surface area contributed by atoms with Crippen LogP contribution in [-0.2, 0) is 6.54 Å². The number of benzene rings is 1. The Labute approximate surface area is 115 Å². The van der Waals surface area contributed by atoms with Crippen LogP contribution in [0.15, 0.2) is 30.5 Å². The van der Waals surface area contributed by atoms with Crippen molar-refractivity contribution in [2.45, 2.75) is 6.54 Å². The van der Waals surface area contributed by atoms with Crippen LogP contribution < -0.4 is 10.1 Å². The molecule has 1 N–H and O–H groups in total. The average Bonchev–Trinajstić information content (AvgIpc) is 2.46. The fourth-order valence-electron chi connectivity index (χ4n) is 1.51. The van der Waals surface area contributed by atoms with Crippen LogP contribution in [0.2, 0.25) is 5.02 Å². The maximum atomic E-state index is 8.83. The van der Waals surface area contributed by atoms with Crippen molar-refractivity contribution in [1.29, 1.82) is 5.26 Å². The van der Waals surface area contributed by atoms with Gasteiger partial charge in [-0.1, -0.05) is 23.7 Å². The second kappa shape index (κ2) is 6.03. The molecule has 1 aromatic heterocycles. The van der Waals surface area contributed by atoms with Gasteiger partial charge in [0, 0.05) is 6.54 Å². The smallest absolute Gasteiger partial charge is 0.318 e. The van der Waals surface area contributed by atoms with Gasteiger partial charge < -0.3 is 10.1 Å². The molecule has 0 saturated carbocycles. The van der Waals surface area contributed by atoms with E-state index in [1.54, 1.807) is 12.1 Å². The predicted molar refractivity (Wildman–Crippen MR) is 72.1 cm³/mol. The number of halogens is 1. The third-order valence-corrected chi connectivity index (χ3v) is 2.70. The molecule has 0 bridgehead atoms. The number of rotatable bonds is 4. The maximum absolute atomic E-state index is 8.83. The molecule has 0 atom stereocenters. The minimum Gasteiger partial charge on any atom is -0.467 e. The molecular weight excluding hydrogens is 264 g/mol. The number of hydrogen-bond acceptors (Lipinski definition) is 5. The highest BCUT2D eigenvalue weighted by molar-refractivity contribution is 6.32. The molecule has 1 aromatic carbocycles. The Hall–Kier alpha value is -2.32. The fraction of sp³-hybridized carbons (Fsp3) is 0.154. The Kier molecular flexibility index (Phi) is 4.16. The molecule has 2 aromatic rings. The summed E-state index contributed by atoms with van der Waals surface area (Å²) in [5.74, 6) is 0.496. The van der Waals surface area contributed by atoms with Crippen LogP contribution >= 0.6 is 11.6 Å². The number of nitrogens with one attached hydrogen (secondary N) is 1. The van der Waals surface area contributed by atoms with Crippen LogP contribution in [0.4, 0.5) is 5.82 Å². The predicted octanol–water partition coefficient (Wildman–Crippen LogP) is 2.62. The Morgan fingerprint density at radius 1 is 1.47 bits per heavy atom. The lowest BCUT2D eigenvalue weighted by atomic mass is 10.1. The number of ether oxygens (including phenoxy) is 1. The van der Waals surface area contributed by atoms with Gasteiger partial charge in [-0.05, 0) is 17.7 Å². The first-order valence-electron chi connectivity index (χ1n) is 5.52. The molecule has 0 aliphatic rings. The number of hydrogen-bond donors (Lipinski definition) is 1. The first kappa shape index (κ1) is 13.1. The molecule has 0 unspecified atom stereocenters. The van der Waals surface area contributed by atoms with Gasteiger partial charge in [-0.15, -0.1) is 0 Å². The summed E-state index contributed by atoms with van der Waals surface area (Å²) >= 11 is 5.98. The highest BCUT2D eigenvalue weighted by Crippen LogP contribution is 2.20. The molecule has 0 radical (unpaired) electrons. The Bertz CT molecular complexity index is 624. The van der Waals surface area contributed by atoms with Crippen LogP contribution in [0.3, 0.4) is 0 Å². The van der Waals surface area contributed by atoms with E-state index < -0.39 is 0 Å². The summed E-state index contributed by atoms with van der Waals surface area (Å²) in [6.07, 6.45) is 1.47. The zero-order chi connectivity index (χ0) is 13.7. The van der Waals surface area contributed by atoms with Gasteiger partial charge in [0.1, 0.15) is 5.02 Å². The topological polar surface area (TPSA) is 70.8 Å². The minimum absolute atomic E-state index is 0.248. The first-order valence-corrected chi connectivity index (χ1v) is 5.90. The van der Waals surface area contributed by atoms with E-state index in [-0.39, 0.29) is 6.01 Å². The third-order valence-electron chi connectivity index (χ3n) is 2.42. The number of anilines is 1. The van der Waals surface area contributed by atoms with Gasteiger partial charge in [0.2, 0.25) is 0 Å². The lowest BCUT2D eigenvalue weighted by Gasteiger charge is -2.08. The summed E-state index contributed by atoms with van der Waals surface area (Å²) in [5, 5.41) is 12.3. The van der Waals surface area contributed by atoms with Crippen molar-refractivity contribution in [3.05, 3.63) is 46.6 Å². The van der Waals surface area contributed by atoms with E-state index in [1.807, 2.05) is 12.1 Å². The van der Waals surface area contributed by atoms with Gasteiger partial charge in [0.15, 0.2) is 5.82 Å². The first-order chi connectivity index (χ1) is 9.22. The van der Waals surface area contributed by atoms with Crippen LogP contribution in [0, 0.1) is 11.3 Å². The van der Waals surface area contributed by atoms with Crippen molar-refractivity contribution < 1.29 is 4.74 Å². The molecule has 96 valence electrons. The summed E-state index contributed by atoms with van der Waals surface area (Å²) in [6.45, 7) is 0.509. The molecule has 1 heterocycles. The van der Waals surface area contributed by atoms with Crippen molar-refractivity contribution in [2.75, 3.05) is 12.4 Å². The number of nitrogens with zero attached hydrogens (tertiary/aromatic N) is 3. The van der Waals surface area contributed by atoms with E-state index in [2.05, 4.69) is 21.4 Å². The van der Waals surface area contributed by atoms with Gasteiger partial charge in [-0.25, -0.2) is 4.98 Å². The molecule has 0 aliphatic carbocycles. The quantitative estimate of drug-likeness (QED) is 0.928. The number of methoxy groups -OCH3 is 1. The van der Waals surface area contributed by atoms with Crippen molar-refractivity contribution >= 4 is 17.4 Å². The second-order valence-electron chi connectivity index (χ2n) is 3.72. The van der Waals surface area contributed by atoms with Gasteiger partial charge in [0.25, 0.3) is 0 Å². The third kappa shape index (κ3) is 3.33. The zero-order valence-corrected chi connectivity index (χ0v) is 11.0. The van der Waals surface area contributed by atoms with Crippen LogP contribution in [0.5, 0.6) is 6.01 Å². The monoisotopic (exact) mass is 274 g/mol. The van der Waals surface area contributed by atoms with E-state index >= 15 is 0 Å². The molecule has 0 aliphatic heterocycles. The summed E-state index contributed by atoms with van der Waals surface area (Å²) in [6, 6.07) is 9.65. The van der Waals surface area contributed by atoms with E-state index in [1.165, 1.54) is 13.3 Å². The summed E-state index contributed by atoms with van der Waals surface area (Å²) in [4.78, 5) is 8.00. The summed E-state index contributed by atoms with van der Waals surface area (Å²) in [7, 11) is 1.49. The summed E-state index contributed by atoms with van der Waals surface area (Å²) in [5.41, 5.74) is 1.58. The van der Waals surface area contributed by atoms with Gasteiger partial charge >= 0.3 is 6.01 Å². The molecule has 0 fully saturated rings. The van der Waals surface area contributed by atoms with Crippen molar-refractivity contribution in [1.82, 2.24) is 9.97 Å². The highest BCUT2D eigenvalue weighted by Gasteiger charge is 2.05. The lowest BCUT2D eigenvalue weighted by Crippen LogP contribution is -2.04. The lowest BCUT2D eigenvalue weighted by molar-refractivity contribution is 0.380. The van der Waals surface area contributed by atoms with Gasteiger partial charge in [-0.2, -0.15) is 10.2 Å². The van der Waals surface area contributed by atoms with Crippen LogP contribution in [0.25, 0.3) is 0 Å². The molecule has 19 heavy (non-hydrogen) atoms. The Morgan fingerprint density at radius 3 is 3.05 bits per heavy atom. The van der Waals surface area contributed by atoms with E-state index in [4.69, 9.17) is 21.6 Å². The van der Waals surface area contributed by atoms with Crippen molar-refractivity contribution in [3.63, 3.8) is 0 Å². The van der Waals surface area contributed by atoms with Crippen LogP contribution in [0.1, 0.15) is 11.1 Å². The van der Waals surface area contributed by atoms with Crippen molar-refractivity contribution in [2.24, 2.45) is 0 Å². The summed E-state index contributed by atoms with van der Waals surface area (Å²) < 4.78 is 4.93. The average molecular weight is 275 g/mol.